The van der Waals surface area contributed by atoms with E-state index in [-0.39, 0.29) is 6.42 Å². The van der Waals surface area contributed by atoms with Crippen LogP contribution in [0.3, 0.4) is 0 Å². The number of carboxylic acids is 1. The van der Waals surface area contributed by atoms with E-state index in [2.05, 4.69) is 15.9 Å². The van der Waals surface area contributed by atoms with Gasteiger partial charge in [0.2, 0.25) is 0 Å². The van der Waals surface area contributed by atoms with Crippen LogP contribution in [0, 0.1) is 0 Å². The molecule has 4 heteroatoms. The minimum absolute atomic E-state index is 0.0753. The average molecular weight is 292 g/mol. The molecular formula is C11H12BrClO2. The summed E-state index contributed by atoms with van der Waals surface area (Å²) in [5.74, 6) is -0.813. The highest BCUT2D eigenvalue weighted by Crippen LogP contribution is 2.36. The Morgan fingerprint density at radius 2 is 2.13 bits per heavy atom. The third kappa shape index (κ3) is 2.95. The molecule has 0 fully saturated rings. The van der Waals surface area contributed by atoms with Crippen molar-refractivity contribution in [1.29, 1.82) is 0 Å². The number of carbonyl (C=O) groups is 1. The summed E-state index contributed by atoms with van der Waals surface area (Å²) >= 11 is 9.34. The molecule has 82 valence electrons. The summed E-state index contributed by atoms with van der Waals surface area (Å²) in [7, 11) is 0. The number of hydrogen-bond acceptors (Lipinski definition) is 1. The lowest BCUT2D eigenvalue weighted by molar-refractivity contribution is -0.138. The second-order valence-corrected chi connectivity index (χ2v) is 5.26. The van der Waals surface area contributed by atoms with Crippen molar-refractivity contribution in [3.05, 3.63) is 33.3 Å². The first kappa shape index (κ1) is 12.5. The van der Waals surface area contributed by atoms with E-state index in [0.717, 1.165) is 10.0 Å². The third-order valence-corrected chi connectivity index (χ3v) is 3.67. The van der Waals surface area contributed by atoms with E-state index in [4.69, 9.17) is 16.7 Å². The van der Waals surface area contributed by atoms with Crippen molar-refractivity contribution < 1.29 is 9.90 Å². The van der Waals surface area contributed by atoms with E-state index >= 15 is 0 Å². The van der Waals surface area contributed by atoms with Gasteiger partial charge in [0.1, 0.15) is 0 Å². The van der Waals surface area contributed by atoms with Gasteiger partial charge in [0, 0.05) is 9.89 Å². The lowest BCUT2D eigenvalue weighted by atomic mass is 9.82. The van der Waals surface area contributed by atoms with Crippen LogP contribution in [0.4, 0.5) is 0 Å². The highest BCUT2D eigenvalue weighted by Gasteiger charge is 2.26. The fourth-order valence-electron chi connectivity index (χ4n) is 1.50. The van der Waals surface area contributed by atoms with Crippen molar-refractivity contribution in [2.75, 3.05) is 0 Å². The standard InChI is InChI=1S/C11H12BrClO2/c1-11(2,6-9(14)15)7-4-3-5-8(13)10(7)12/h3-5H,6H2,1-2H3,(H,14,15). The Morgan fingerprint density at radius 1 is 1.53 bits per heavy atom. The van der Waals surface area contributed by atoms with Crippen molar-refractivity contribution in [3.8, 4) is 0 Å². The van der Waals surface area contributed by atoms with Gasteiger partial charge >= 0.3 is 5.97 Å². The molecule has 0 saturated carbocycles. The first-order valence-electron chi connectivity index (χ1n) is 4.51. The zero-order valence-corrected chi connectivity index (χ0v) is 10.9. The first-order valence-corrected chi connectivity index (χ1v) is 5.68. The number of halogens is 2. The normalized spacial score (nSPS) is 11.5. The monoisotopic (exact) mass is 290 g/mol. The molecule has 0 aliphatic carbocycles. The molecule has 0 spiro atoms. The van der Waals surface area contributed by atoms with Gasteiger partial charge in [-0.25, -0.2) is 0 Å². The molecule has 1 aromatic carbocycles. The van der Waals surface area contributed by atoms with E-state index in [9.17, 15) is 4.79 Å². The first-order chi connectivity index (χ1) is 6.84. The molecule has 0 heterocycles. The van der Waals surface area contributed by atoms with Crippen molar-refractivity contribution in [3.63, 3.8) is 0 Å². The van der Waals surface area contributed by atoms with E-state index < -0.39 is 11.4 Å². The van der Waals surface area contributed by atoms with Crippen molar-refractivity contribution in [1.82, 2.24) is 0 Å². The Bertz CT molecular complexity index is 388. The Kier molecular flexibility index (Phi) is 3.79. The Hall–Kier alpha value is -0.540. The average Bonchev–Trinajstić information content (AvgIpc) is 2.07. The quantitative estimate of drug-likeness (QED) is 0.918. The maximum absolute atomic E-state index is 10.7. The molecule has 0 amide bonds. The van der Waals surface area contributed by atoms with E-state index in [1.807, 2.05) is 26.0 Å². The summed E-state index contributed by atoms with van der Waals surface area (Å²) in [4.78, 5) is 10.7. The van der Waals surface area contributed by atoms with E-state index in [1.54, 1.807) is 6.07 Å². The van der Waals surface area contributed by atoms with Crippen LogP contribution in [0.15, 0.2) is 22.7 Å². The van der Waals surface area contributed by atoms with Crippen LogP contribution in [0.2, 0.25) is 5.02 Å². The number of hydrogen-bond donors (Lipinski definition) is 1. The largest absolute Gasteiger partial charge is 0.481 e. The summed E-state index contributed by atoms with van der Waals surface area (Å²) in [5, 5.41) is 9.43. The van der Waals surface area contributed by atoms with Gasteiger partial charge < -0.3 is 5.11 Å². The number of benzene rings is 1. The van der Waals surface area contributed by atoms with Crippen LogP contribution in [-0.4, -0.2) is 11.1 Å². The fourth-order valence-corrected chi connectivity index (χ4v) is 2.48. The van der Waals surface area contributed by atoms with Crippen LogP contribution in [0.1, 0.15) is 25.8 Å². The molecule has 0 saturated heterocycles. The molecule has 0 bridgehead atoms. The second kappa shape index (κ2) is 4.54. The molecule has 1 aromatic rings. The fraction of sp³-hybridized carbons (Fsp3) is 0.364. The highest BCUT2D eigenvalue weighted by atomic mass is 79.9. The summed E-state index contributed by atoms with van der Waals surface area (Å²) in [6.45, 7) is 3.77. The summed E-state index contributed by atoms with van der Waals surface area (Å²) in [6, 6.07) is 5.48. The Balaban J connectivity index is 3.14. The molecule has 0 unspecified atom stereocenters. The van der Waals surface area contributed by atoms with Gasteiger partial charge in [-0.05, 0) is 27.6 Å². The number of aliphatic carboxylic acids is 1. The zero-order valence-electron chi connectivity index (χ0n) is 8.55. The number of carboxylic acid groups (broad SMARTS) is 1. The lowest BCUT2D eigenvalue weighted by Gasteiger charge is -2.24. The molecule has 2 nitrogen and oxygen atoms in total. The highest BCUT2D eigenvalue weighted by molar-refractivity contribution is 9.10. The molecule has 15 heavy (non-hydrogen) atoms. The van der Waals surface area contributed by atoms with Crippen LogP contribution < -0.4 is 0 Å². The van der Waals surface area contributed by atoms with Crippen LogP contribution in [0.25, 0.3) is 0 Å². The summed E-state index contributed by atoms with van der Waals surface area (Å²) in [5.41, 5.74) is 0.479. The predicted octanol–water partition coefficient (Wildman–Crippen LogP) is 3.85. The van der Waals surface area contributed by atoms with Crippen molar-refractivity contribution in [2.24, 2.45) is 0 Å². The Labute approximate surface area is 102 Å². The smallest absolute Gasteiger partial charge is 0.304 e. The third-order valence-electron chi connectivity index (χ3n) is 2.27. The molecule has 1 rings (SSSR count). The molecule has 0 atom stereocenters. The summed E-state index contributed by atoms with van der Waals surface area (Å²) < 4.78 is 0.776. The van der Waals surface area contributed by atoms with Gasteiger partial charge in [-0.2, -0.15) is 0 Å². The molecule has 1 N–H and O–H groups in total. The van der Waals surface area contributed by atoms with Crippen molar-refractivity contribution in [2.45, 2.75) is 25.7 Å². The maximum atomic E-state index is 10.7. The van der Waals surface area contributed by atoms with Gasteiger partial charge in [0.25, 0.3) is 0 Å². The molecule has 0 aromatic heterocycles. The second-order valence-electron chi connectivity index (χ2n) is 4.06. The maximum Gasteiger partial charge on any atom is 0.304 e. The molecule has 0 aliphatic rings. The van der Waals surface area contributed by atoms with E-state index in [0.29, 0.717) is 5.02 Å². The van der Waals surface area contributed by atoms with Gasteiger partial charge in [-0.3, -0.25) is 4.79 Å². The van der Waals surface area contributed by atoms with Crippen LogP contribution >= 0.6 is 27.5 Å². The van der Waals surface area contributed by atoms with Crippen LogP contribution in [0.5, 0.6) is 0 Å². The Morgan fingerprint density at radius 3 is 2.67 bits per heavy atom. The molecular weight excluding hydrogens is 279 g/mol. The number of rotatable bonds is 3. The van der Waals surface area contributed by atoms with Gasteiger partial charge in [0.05, 0.1) is 11.4 Å². The van der Waals surface area contributed by atoms with E-state index in [1.165, 1.54) is 0 Å². The molecule has 0 aliphatic heterocycles. The van der Waals surface area contributed by atoms with Gasteiger partial charge in [0.15, 0.2) is 0 Å². The van der Waals surface area contributed by atoms with Gasteiger partial charge in [-0.1, -0.05) is 37.6 Å². The topological polar surface area (TPSA) is 37.3 Å². The van der Waals surface area contributed by atoms with Gasteiger partial charge in [-0.15, -0.1) is 0 Å². The SMILES string of the molecule is CC(C)(CC(=O)O)c1cccc(Cl)c1Br. The van der Waals surface area contributed by atoms with Crippen LogP contribution in [-0.2, 0) is 10.2 Å². The summed E-state index contributed by atoms with van der Waals surface area (Å²) in [6.07, 6.45) is 0.0753. The van der Waals surface area contributed by atoms with Crippen molar-refractivity contribution >= 4 is 33.5 Å². The molecule has 0 radical (unpaired) electrons. The predicted molar refractivity (Wildman–Crippen MR) is 64.4 cm³/mol. The minimum atomic E-state index is -0.813. The zero-order chi connectivity index (χ0) is 11.6. The minimum Gasteiger partial charge on any atom is -0.481 e. The lowest BCUT2D eigenvalue weighted by Crippen LogP contribution is -2.22.